The van der Waals surface area contributed by atoms with E-state index in [1.807, 2.05) is 0 Å². The highest BCUT2D eigenvalue weighted by molar-refractivity contribution is 5.71. The molecule has 0 amide bonds. The molecule has 0 atom stereocenters. The molecule has 16 heavy (non-hydrogen) atoms. The maximum absolute atomic E-state index is 12.5. The van der Waals surface area contributed by atoms with Crippen molar-refractivity contribution in [3.8, 4) is 6.07 Å². The number of halogens is 2. The minimum Gasteiger partial charge on any atom is -0.481 e. The Bertz CT molecular complexity index is 467. The van der Waals surface area contributed by atoms with Crippen molar-refractivity contribution < 1.29 is 18.7 Å². The first-order chi connectivity index (χ1) is 7.45. The number of carbonyl (C=O) groups is 1. The maximum atomic E-state index is 12.5. The van der Waals surface area contributed by atoms with Gasteiger partial charge in [0.1, 0.15) is 17.5 Å². The number of carboxylic acid groups (broad SMARTS) is 1. The quantitative estimate of drug-likeness (QED) is 0.853. The van der Waals surface area contributed by atoms with Crippen LogP contribution in [-0.2, 0) is 11.2 Å². The lowest BCUT2D eigenvalue weighted by Crippen LogP contribution is -2.07. The summed E-state index contributed by atoms with van der Waals surface area (Å²) in [5.74, 6) is -1.14. The summed E-state index contributed by atoms with van der Waals surface area (Å²) in [6.45, 7) is 1.37. The molecule has 0 saturated heterocycles. The Balaban J connectivity index is 3.32. The van der Waals surface area contributed by atoms with Crippen molar-refractivity contribution in [3.05, 3.63) is 28.6 Å². The first-order valence-corrected chi connectivity index (χ1v) is 4.36. The van der Waals surface area contributed by atoms with Crippen LogP contribution in [0.5, 0.6) is 0 Å². The first-order valence-electron chi connectivity index (χ1n) is 4.36. The first kappa shape index (κ1) is 12.0. The topological polar surface area (TPSA) is 74.0 Å². The summed E-state index contributed by atoms with van der Waals surface area (Å²) in [7, 11) is 0. The van der Waals surface area contributed by atoms with Crippen LogP contribution in [0.2, 0.25) is 0 Å². The van der Waals surface area contributed by atoms with Gasteiger partial charge in [-0.25, -0.2) is 13.8 Å². The highest BCUT2D eigenvalue weighted by Gasteiger charge is 2.18. The van der Waals surface area contributed by atoms with E-state index >= 15 is 0 Å². The third kappa shape index (κ3) is 2.51. The van der Waals surface area contributed by atoms with Gasteiger partial charge in [-0.1, -0.05) is 0 Å². The Morgan fingerprint density at radius 3 is 2.75 bits per heavy atom. The second kappa shape index (κ2) is 4.66. The molecule has 0 fully saturated rings. The van der Waals surface area contributed by atoms with Crippen molar-refractivity contribution in [2.45, 2.75) is 19.8 Å². The molecule has 0 saturated carbocycles. The highest BCUT2D eigenvalue weighted by atomic mass is 19.3. The minimum absolute atomic E-state index is 0.122. The number of carboxylic acids is 1. The van der Waals surface area contributed by atoms with E-state index in [0.717, 1.165) is 0 Å². The maximum Gasteiger partial charge on any atom is 0.307 e. The average molecular weight is 226 g/mol. The number of aromatic nitrogens is 1. The summed E-state index contributed by atoms with van der Waals surface area (Å²) in [6, 6.07) is 2.84. The SMILES string of the molecule is Cc1c(CC(=O)O)cc(C#N)nc1C(F)F. The van der Waals surface area contributed by atoms with E-state index in [9.17, 15) is 13.6 Å². The minimum atomic E-state index is -2.82. The number of hydrogen-bond acceptors (Lipinski definition) is 3. The van der Waals surface area contributed by atoms with Crippen molar-refractivity contribution in [3.63, 3.8) is 0 Å². The molecular formula is C10H8F2N2O2. The van der Waals surface area contributed by atoms with Gasteiger partial charge >= 0.3 is 5.97 Å². The molecule has 0 spiro atoms. The normalized spacial score (nSPS) is 10.2. The lowest BCUT2D eigenvalue weighted by atomic mass is 10.0. The second-order valence-electron chi connectivity index (χ2n) is 3.16. The van der Waals surface area contributed by atoms with E-state index in [1.54, 1.807) is 6.07 Å². The standard InChI is InChI=1S/C10H8F2N2O2/c1-5-6(3-8(15)16)2-7(4-13)14-9(5)10(11)12/h2,10H,3H2,1H3,(H,15,16). The molecule has 1 heterocycles. The van der Waals surface area contributed by atoms with Gasteiger partial charge in [-0.05, 0) is 24.1 Å². The molecule has 6 heteroatoms. The van der Waals surface area contributed by atoms with Crippen LogP contribution < -0.4 is 0 Å². The molecule has 0 aromatic carbocycles. The van der Waals surface area contributed by atoms with Gasteiger partial charge in [-0.3, -0.25) is 4.79 Å². The van der Waals surface area contributed by atoms with E-state index in [2.05, 4.69) is 4.98 Å². The Hall–Kier alpha value is -2.03. The molecule has 1 rings (SSSR count). The Labute approximate surface area is 90.2 Å². The van der Waals surface area contributed by atoms with Gasteiger partial charge in [-0.2, -0.15) is 5.26 Å². The molecule has 0 aliphatic heterocycles. The zero-order chi connectivity index (χ0) is 12.3. The van der Waals surface area contributed by atoms with Crippen LogP contribution in [0, 0.1) is 18.3 Å². The van der Waals surface area contributed by atoms with Gasteiger partial charge in [0, 0.05) is 0 Å². The fourth-order valence-corrected chi connectivity index (χ4v) is 1.30. The van der Waals surface area contributed by atoms with Crippen LogP contribution in [-0.4, -0.2) is 16.1 Å². The van der Waals surface area contributed by atoms with Crippen LogP contribution in [0.3, 0.4) is 0 Å². The third-order valence-corrected chi connectivity index (χ3v) is 2.08. The molecule has 1 N–H and O–H groups in total. The number of nitriles is 1. The highest BCUT2D eigenvalue weighted by Crippen LogP contribution is 2.24. The van der Waals surface area contributed by atoms with Gasteiger partial charge in [0.05, 0.1) is 6.42 Å². The summed E-state index contributed by atoms with van der Waals surface area (Å²) in [6.07, 6.45) is -3.22. The Morgan fingerprint density at radius 1 is 1.69 bits per heavy atom. The van der Waals surface area contributed by atoms with E-state index < -0.39 is 24.5 Å². The van der Waals surface area contributed by atoms with Crippen LogP contribution >= 0.6 is 0 Å². The number of rotatable bonds is 3. The number of alkyl halides is 2. The number of pyridine rings is 1. The van der Waals surface area contributed by atoms with E-state index in [4.69, 9.17) is 10.4 Å². The van der Waals surface area contributed by atoms with Crippen LogP contribution in [0.15, 0.2) is 6.07 Å². The Kier molecular flexibility index (Phi) is 3.51. The summed E-state index contributed by atoms with van der Waals surface area (Å²) in [4.78, 5) is 14.0. The van der Waals surface area contributed by atoms with E-state index in [-0.39, 0.29) is 16.8 Å². The number of hydrogen-bond donors (Lipinski definition) is 1. The largest absolute Gasteiger partial charge is 0.481 e. The smallest absolute Gasteiger partial charge is 0.307 e. The second-order valence-corrected chi connectivity index (χ2v) is 3.16. The fraction of sp³-hybridized carbons (Fsp3) is 0.300. The number of aliphatic carboxylic acids is 1. The molecule has 0 aliphatic rings. The van der Waals surface area contributed by atoms with Gasteiger partial charge in [0.25, 0.3) is 6.43 Å². The van der Waals surface area contributed by atoms with Crippen LogP contribution in [0.1, 0.15) is 28.9 Å². The Morgan fingerprint density at radius 2 is 2.31 bits per heavy atom. The summed E-state index contributed by atoms with van der Waals surface area (Å²) >= 11 is 0. The summed E-state index contributed by atoms with van der Waals surface area (Å²) in [5, 5.41) is 17.2. The fourth-order valence-electron chi connectivity index (χ4n) is 1.30. The van der Waals surface area contributed by atoms with Crippen molar-refractivity contribution >= 4 is 5.97 Å². The molecule has 0 aliphatic carbocycles. The summed E-state index contributed by atoms with van der Waals surface area (Å²) < 4.78 is 25.1. The zero-order valence-corrected chi connectivity index (χ0v) is 8.37. The third-order valence-electron chi connectivity index (χ3n) is 2.08. The molecular weight excluding hydrogens is 218 g/mol. The van der Waals surface area contributed by atoms with Crippen molar-refractivity contribution in [1.82, 2.24) is 4.98 Å². The lowest BCUT2D eigenvalue weighted by Gasteiger charge is -2.08. The van der Waals surface area contributed by atoms with Gasteiger partial charge in [0.2, 0.25) is 0 Å². The zero-order valence-electron chi connectivity index (χ0n) is 8.37. The molecule has 0 radical (unpaired) electrons. The summed E-state index contributed by atoms with van der Waals surface area (Å²) in [5.41, 5.74) is -0.418. The molecule has 0 unspecified atom stereocenters. The predicted molar refractivity (Wildman–Crippen MR) is 50.0 cm³/mol. The molecule has 0 bridgehead atoms. The van der Waals surface area contributed by atoms with Crippen LogP contribution in [0.4, 0.5) is 8.78 Å². The molecule has 84 valence electrons. The van der Waals surface area contributed by atoms with Crippen LogP contribution in [0.25, 0.3) is 0 Å². The van der Waals surface area contributed by atoms with Crippen molar-refractivity contribution in [2.24, 2.45) is 0 Å². The number of nitrogens with zero attached hydrogens (tertiary/aromatic N) is 2. The monoisotopic (exact) mass is 226 g/mol. The van der Waals surface area contributed by atoms with E-state index in [0.29, 0.717) is 0 Å². The molecule has 4 nitrogen and oxygen atoms in total. The van der Waals surface area contributed by atoms with E-state index in [1.165, 1.54) is 13.0 Å². The molecule has 1 aromatic rings. The van der Waals surface area contributed by atoms with Crippen molar-refractivity contribution in [1.29, 1.82) is 5.26 Å². The van der Waals surface area contributed by atoms with Crippen molar-refractivity contribution in [2.75, 3.05) is 0 Å². The van der Waals surface area contributed by atoms with Gasteiger partial charge in [-0.15, -0.1) is 0 Å². The predicted octanol–water partition coefficient (Wildman–Crippen LogP) is 1.83. The lowest BCUT2D eigenvalue weighted by molar-refractivity contribution is -0.136. The average Bonchev–Trinajstić information content (AvgIpc) is 2.19. The van der Waals surface area contributed by atoms with Gasteiger partial charge in [0.15, 0.2) is 0 Å². The molecule has 1 aromatic heterocycles. The van der Waals surface area contributed by atoms with Gasteiger partial charge < -0.3 is 5.11 Å².